The Hall–Kier alpha value is -3.04. The molecule has 4 rings (SSSR count). The summed E-state index contributed by atoms with van der Waals surface area (Å²) in [6.07, 6.45) is 1.89. The third kappa shape index (κ3) is 3.34. The predicted molar refractivity (Wildman–Crippen MR) is 116 cm³/mol. The van der Waals surface area contributed by atoms with Crippen LogP contribution in [0.15, 0.2) is 77.9 Å². The third-order valence-corrected chi connectivity index (χ3v) is 5.16. The molecule has 0 amide bonds. The average Bonchev–Trinajstić information content (AvgIpc) is 2.98. The molecular formula is C23H20ClN3. The van der Waals surface area contributed by atoms with E-state index in [0.717, 1.165) is 33.1 Å². The van der Waals surface area contributed by atoms with E-state index in [1.165, 1.54) is 10.9 Å². The first-order valence-electron chi connectivity index (χ1n) is 8.83. The highest BCUT2D eigenvalue weighted by molar-refractivity contribution is 6.31. The number of aryl methyl sites for hydroxylation is 2. The summed E-state index contributed by atoms with van der Waals surface area (Å²) in [5.41, 5.74) is 9.57. The first kappa shape index (κ1) is 17.4. The van der Waals surface area contributed by atoms with Gasteiger partial charge in [0, 0.05) is 28.5 Å². The number of hydrazone groups is 1. The van der Waals surface area contributed by atoms with Crippen LogP contribution in [0.25, 0.3) is 22.2 Å². The van der Waals surface area contributed by atoms with E-state index in [9.17, 15) is 0 Å². The van der Waals surface area contributed by atoms with Crippen molar-refractivity contribution < 1.29 is 0 Å². The largest absolute Gasteiger partial charge is 0.343 e. The Labute approximate surface area is 163 Å². The molecule has 0 aliphatic carbocycles. The van der Waals surface area contributed by atoms with E-state index in [4.69, 9.17) is 11.6 Å². The Morgan fingerprint density at radius 1 is 0.963 bits per heavy atom. The van der Waals surface area contributed by atoms with Gasteiger partial charge in [0.1, 0.15) is 0 Å². The summed E-state index contributed by atoms with van der Waals surface area (Å²) in [7, 11) is 2.09. The molecule has 1 aromatic heterocycles. The van der Waals surface area contributed by atoms with Crippen molar-refractivity contribution in [1.82, 2.24) is 4.57 Å². The highest BCUT2D eigenvalue weighted by Gasteiger charge is 2.14. The zero-order chi connectivity index (χ0) is 18.8. The van der Waals surface area contributed by atoms with Gasteiger partial charge in [0.15, 0.2) is 0 Å². The molecular weight excluding hydrogens is 354 g/mol. The number of nitrogens with one attached hydrogen (secondary N) is 1. The lowest BCUT2D eigenvalue weighted by Gasteiger charge is -2.06. The van der Waals surface area contributed by atoms with Crippen LogP contribution in [-0.2, 0) is 7.05 Å². The van der Waals surface area contributed by atoms with E-state index < -0.39 is 0 Å². The van der Waals surface area contributed by atoms with Crippen LogP contribution in [0, 0.1) is 6.92 Å². The molecule has 0 aliphatic heterocycles. The first-order valence-corrected chi connectivity index (χ1v) is 9.21. The van der Waals surface area contributed by atoms with Crippen LogP contribution < -0.4 is 5.43 Å². The van der Waals surface area contributed by atoms with Crippen LogP contribution in [0.5, 0.6) is 0 Å². The number of para-hydroxylation sites is 1. The van der Waals surface area contributed by atoms with Crippen LogP contribution in [0.2, 0.25) is 5.02 Å². The zero-order valence-electron chi connectivity index (χ0n) is 15.3. The van der Waals surface area contributed by atoms with Crippen LogP contribution in [0.3, 0.4) is 0 Å². The molecule has 0 spiro atoms. The molecule has 4 aromatic rings. The Morgan fingerprint density at radius 3 is 2.48 bits per heavy atom. The SMILES string of the molecule is Cc1ccc(N/N=C\c2c(-c3ccccc3)n(C)c3ccccc23)cc1Cl. The summed E-state index contributed by atoms with van der Waals surface area (Å²) >= 11 is 6.20. The average molecular weight is 374 g/mol. The van der Waals surface area contributed by atoms with Gasteiger partial charge >= 0.3 is 0 Å². The molecule has 0 saturated carbocycles. The first-order chi connectivity index (χ1) is 13.1. The number of halogens is 1. The summed E-state index contributed by atoms with van der Waals surface area (Å²) in [6.45, 7) is 1.98. The molecule has 1 heterocycles. The molecule has 0 aliphatic rings. The van der Waals surface area contributed by atoms with Crippen molar-refractivity contribution in [3.05, 3.63) is 88.9 Å². The van der Waals surface area contributed by atoms with Gasteiger partial charge in [-0.1, -0.05) is 66.2 Å². The number of rotatable bonds is 4. The lowest BCUT2D eigenvalue weighted by Crippen LogP contribution is -1.95. The van der Waals surface area contributed by atoms with Crippen LogP contribution in [0.1, 0.15) is 11.1 Å². The fraction of sp³-hybridized carbons (Fsp3) is 0.0870. The van der Waals surface area contributed by atoms with E-state index >= 15 is 0 Å². The van der Waals surface area contributed by atoms with Crippen molar-refractivity contribution in [2.24, 2.45) is 12.1 Å². The van der Waals surface area contributed by atoms with E-state index in [1.54, 1.807) is 0 Å². The summed E-state index contributed by atoms with van der Waals surface area (Å²) in [5, 5.41) is 6.38. The lowest BCUT2D eigenvalue weighted by atomic mass is 10.1. The maximum atomic E-state index is 6.20. The number of anilines is 1. The normalized spacial score (nSPS) is 11.4. The maximum absolute atomic E-state index is 6.20. The van der Waals surface area contributed by atoms with Crippen LogP contribution in [0.4, 0.5) is 5.69 Å². The quantitative estimate of drug-likeness (QED) is 0.332. The Kier molecular flexibility index (Phi) is 4.69. The van der Waals surface area contributed by atoms with E-state index in [2.05, 4.69) is 70.7 Å². The van der Waals surface area contributed by atoms with E-state index in [-0.39, 0.29) is 0 Å². The molecule has 3 aromatic carbocycles. The van der Waals surface area contributed by atoms with Crippen molar-refractivity contribution >= 4 is 34.4 Å². The van der Waals surface area contributed by atoms with Gasteiger partial charge in [0.25, 0.3) is 0 Å². The third-order valence-electron chi connectivity index (χ3n) is 4.75. The van der Waals surface area contributed by atoms with Crippen LogP contribution in [-0.4, -0.2) is 10.8 Å². The standard InChI is InChI=1S/C23H20ClN3/c1-16-12-13-18(14-21(16)24)26-25-15-20-19-10-6-7-11-22(19)27(2)23(20)17-8-4-3-5-9-17/h3-15,26H,1-2H3/b25-15-. The van der Waals surface area contributed by atoms with Crippen molar-refractivity contribution in [3.8, 4) is 11.3 Å². The van der Waals surface area contributed by atoms with Gasteiger partial charge in [0.05, 0.1) is 17.6 Å². The molecule has 0 radical (unpaired) electrons. The second kappa shape index (κ2) is 7.29. The number of nitrogens with zero attached hydrogens (tertiary/aromatic N) is 2. The van der Waals surface area contributed by atoms with Gasteiger partial charge in [-0.3, -0.25) is 5.43 Å². The van der Waals surface area contributed by atoms with Gasteiger partial charge < -0.3 is 4.57 Å². The maximum Gasteiger partial charge on any atom is 0.0578 e. The number of hydrogen-bond acceptors (Lipinski definition) is 2. The minimum atomic E-state index is 0.727. The number of benzene rings is 3. The highest BCUT2D eigenvalue weighted by atomic mass is 35.5. The van der Waals surface area contributed by atoms with Crippen molar-refractivity contribution in [2.45, 2.75) is 6.92 Å². The molecule has 134 valence electrons. The predicted octanol–water partition coefficient (Wildman–Crippen LogP) is 6.25. The smallest absolute Gasteiger partial charge is 0.0578 e. The minimum absolute atomic E-state index is 0.727. The molecule has 0 unspecified atom stereocenters. The van der Waals surface area contributed by atoms with Crippen molar-refractivity contribution in [1.29, 1.82) is 0 Å². The van der Waals surface area contributed by atoms with Crippen molar-refractivity contribution in [3.63, 3.8) is 0 Å². The highest BCUT2D eigenvalue weighted by Crippen LogP contribution is 2.31. The topological polar surface area (TPSA) is 29.3 Å². The molecule has 0 fully saturated rings. The molecule has 27 heavy (non-hydrogen) atoms. The number of hydrogen-bond donors (Lipinski definition) is 1. The van der Waals surface area contributed by atoms with Gasteiger partial charge in [0.2, 0.25) is 0 Å². The summed E-state index contributed by atoms with van der Waals surface area (Å²) in [5.74, 6) is 0. The molecule has 4 heteroatoms. The number of fused-ring (bicyclic) bond motifs is 1. The second-order valence-electron chi connectivity index (χ2n) is 6.54. The summed E-state index contributed by atoms with van der Waals surface area (Å²) in [6, 6.07) is 24.6. The number of aromatic nitrogens is 1. The van der Waals surface area contributed by atoms with E-state index in [0.29, 0.717) is 0 Å². The fourth-order valence-corrected chi connectivity index (χ4v) is 3.51. The fourth-order valence-electron chi connectivity index (χ4n) is 3.33. The Bertz CT molecular complexity index is 1130. The summed E-state index contributed by atoms with van der Waals surface area (Å²) in [4.78, 5) is 0. The second-order valence-corrected chi connectivity index (χ2v) is 6.95. The molecule has 0 saturated heterocycles. The molecule has 0 bridgehead atoms. The minimum Gasteiger partial charge on any atom is -0.343 e. The lowest BCUT2D eigenvalue weighted by molar-refractivity contribution is 0.977. The van der Waals surface area contributed by atoms with Gasteiger partial charge in [-0.05, 0) is 36.2 Å². The zero-order valence-corrected chi connectivity index (χ0v) is 16.0. The summed E-state index contributed by atoms with van der Waals surface area (Å²) < 4.78 is 2.22. The van der Waals surface area contributed by atoms with E-state index in [1.807, 2.05) is 37.4 Å². The van der Waals surface area contributed by atoms with Gasteiger partial charge in [-0.25, -0.2) is 0 Å². The Morgan fingerprint density at radius 2 is 1.70 bits per heavy atom. The van der Waals surface area contributed by atoms with Gasteiger partial charge in [-0.15, -0.1) is 0 Å². The van der Waals surface area contributed by atoms with Crippen LogP contribution >= 0.6 is 11.6 Å². The van der Waals surface area contributed by atoms with Crippen molar-refractivity contribution in [2.75, 3.05) is 5.43 Å². The monoisotopic (exact) mass is 373 g/mol. The molecule has 1 N–H and O–H groups in total. The Balaban J connectivity index is 1.77. The molecule has 3 nitrogen and oxygen atoms in total. The van der Waals surface area contributed by atoms with Gasteiger partial charge in [-0.2, -0.15) is 5.10 Å². The molecule has 0 atom stereocenters.